The zero-order valence-corrected chi connectivity index (χ0v) is 18.5. The van der Waals surface area contributed by atoms with Crippen LogP contribution in [0.25, 0.3) is 0 Å². The highest BCUT2D eigenvalue weighted by atomic mass is 32.2. The van der Waals surface area contributed by atoms with Crippen LogP contribution >= 0.6 is 11.8 Å². The number of nitrogens with one attached hydrogen (secondary N) is 1. The van der Waals surface area contributed by atoms with Crippen LogP contribution in [0.5, 0.6) is 0 Å². The maximum absolute atomic E-state index is 12.8. The molecule has 0 aliphatic heterocycles. The molecule has 0 fully saturated rings. The normalized spacial score (nSPS) is 13.4. The van der Waals surface area contributed by atoms with E-state index in [0.29, 0.717) is 12.0 Å². The minimum atomic E-state index is -3.11. The molecule has 2 aromatic carbocycles. The van der Waals surface area contributed by atoms with Crippen LogP contribution in [0.4, 0.5) is 0 Å². The van der Waals surface area contributed by atoms with Gasteiger partial charge in [0, 0.05) is 17.6 Å². The molecule has 0 aliphatic carbocycles. The van der Waals surface area contributed by atoms with Gasteiger partial charge in [-0.25, -0.2) is 8.42 Å². The van der Waals surface area contributed by atoms with Gasteiger partial charge in [-0.15, -0.1) is 0 Å². The minimum absolute atomic E-state index is 0.0468. The highest BCUT2D eigenvalue weighted by molar-refractivity contribution is 8.14. The number of sulfone groups is 1. The topological polar surface area (TPSA) is 101 Å². The van der Waals surface area contributed by atoms with Crippen molar-refractivity contribution in [3.05, 3.63) is 71.8 Å². The molecule has 0 heterocycles. The first kappa shape index (κ1) is 24.1. The van der Waals surface area contributed by atoms with E-state index in [1.807, 2.05) is 36.4 Å². The summed E-state index contributed by atoms with van der Waals surface area (Å²) in [5.74, 6) is -0.659. The second-order valence-corrected chi connectivity index (χ2v) is 10.4. The zero-order valence-electron chi connectivity index (χ0n) is 16.9. The van der Waals surface area contributed by atoms with Gasteiger partial charge in [0.2, 0.25) is 11.0 Å². The summed E-state index contributed by atoms with van der Waals surface area (Å²) in [6.45, 7) is 0. The molecule has 6 nitrogen and oxygen atoms in total. The molecule has 162 valence electrons. The number of carbonyl (C=O) groups is 2. The summed E-state index contributed by atoms with van der Waals surface area (Å²) >= 11 is 1.07. The summed E-state index contributed by atoms with van der Waals surface area (Å²) in [7, 11) is -3.11. The van der Waals surface area contributed by atoms with Gasteiger partial charge in [0.1, 0.15) is 16.1 Å². The standard InChI is InChI=1S/C22H27NO5S2/c1-30(27,28)14-8-13-20(24)23-21(25)19(15-17-9-4-2-5-10-17)16-29-22(26)18-11-6-3-7-12-18/h2-7,9-12,19-20,24H,8,13-16H2,1H3,(H,23,25). The SMILES string of the molecule is CS(=O)(=O)CCCC(O)NC(=O)C(CSC(=O)c1ccccc1)Cc1ccccc1. The number of benzene rings is 2. The Morgan fingerprint density at radius 2 is 1.63 bits per heavy atom. The number of aliphatic hydroxyl groups is 1. The number of rotatable bonds is 11. The Morgan fingerprint density at radius 1 is 1.03 bits per heavy atom. The lowest BCUT2D eigenvalue weighted by molar-refractivity contribution is -0.127. The predicted octanol–water partition coefficient (Wildman–Crippen LogP) is 2.68. The Morgan fingerprint density at radius 3 is 2.23 bits per heavy atom. The van der Waals surface area contributed by atoms with Crippen molar-refractivity contribution in [2.75, 3.05) is 17.8 Å². The van der Waals surface area contributed by atoms with E-state index < -0.39 is 22.0 Å². The quantitative estimate of drug-likeness (QED) is 0.512. The molecular weight excluding hydrogens is 422 g/mol. The average molecular weight is 450 g/mol. The van der Waals surface area contributed by atoms with Crippen molar-refractivity contribution in [3.63, 3.8) is 0 Å². The molecule has 2 atom stereocenters. The Labute approximate surface area is 182 Å². The highest BCUT2D eigenvalue weighted by Gasteiger charge is 2.23. The minimum Gasteiger partial charge on any atom is -0.374 e. The van der Waals surface area contributed by atoms with E-state index >= 15 is 0 Å². The van der Waals surface area contributed by atoms with E-state index in [9.17, 15) is 23.1 Å². The van der Waals surface area contributed by atoms with Gasteiger partial charge in [-0.1, -0.05) is 72.4 Å². The molecule has 8 heteroatoms. The molecule has 1 amide bonds. The number of thioether (sulfide) groups is 1. The lowest BCUT2D eigenvalue weighted by atomic mass is 10.00. The van der Waals surface area contributed by atoms with Crippen LogP contribution in [-0.2, 0) is 21.1 Å². The van der Waals surface area contributed by atoms with Crippen molar-refractivity contribution in [1.82, 2.24) is 5.32 Å². The van der Waals surface area contributed by atoms with Crippen LogP contribution in [-0.4, -0.2) is 48.5 Å². The van der Waals surface area contributed by atoms with E-state index in [2.05, 4.69) is 5.32 Å². The van der Waals surface area contributed by atoms with Gasteiger partial charge in [0.25, 0.3) is 0 Å². The predicted molar refractivity (Wildman–Crippen MR) is 120 cm³/mol. The summed E-state index contributed by atoms with van der Waals surface area (Å²) < 4.78 is 22.4. The lowest BCUT2D eigenvalue weighted by Crippen LogP contribution is -2.40. The second-order valence-electron chi connectivity index (χ2n) is 7.15. The summed E-state index contributed by atoms with van der Waals surface area (Å²) in [6, 6.07) is 18.3. The molecule has 0 spiro atoms. The third-order valence-corrected chi connectivity index (χ3v) is 6.52. The largest absolute Gasteiger partial charge is 0.374 e. The van der Waals surface area contributed by atoms with E-state index in [4.69, 9.17) is 0 Å². The highest BCUT2D eigenvalue weighted by Crippen LogP contribution is 2.19. The third kappa shape index (κ3) is 9.11. The summed E-state index contributed by atoms with van der Waals surface area (Å²) in [6.07, 6.45) is 0.831. The van der Waals surface area contributed by atoms with Crippen molar-refractivity contribution >= 4 is 32.6 Å². The van der Waals surface area contributed by atoms with Crippen molar-refractivity contribution in [3.8, 4) is 0 Å². The number of aliphatic hydroxyl groups excluding tert-OH is 1. The third-order valence-electron chi connectivity index (χ3n) is 4.42. The summed E-state index contributed by atoms with van der Waals surface area (Å²) in [5, 5.41) is 12.5. The fraction of sp³-hybridized carbons (Fsp3) is 0.364. The van der Waals surface area contributed by atoms with Gasteiger partial charge in [-0.2, -0.15) is 0 Å². The monoisotopic (exact) mass is 449 g/mol. The van der Waals surface area contributed by atoms with E-state index in [1.165, 1.54) is 0 Å². The maximum Gasteiger partial charge on any atom is 0.226 e. The first-order valence-corrected chi connectivity index (χ1v) is 12.7. The second kappa shape index (κ2) is 11.9. The first-order valence-electron chi connectivity index (χ1n) is 9.67. The van der Waals surface area contributed by atoms with Crippen LogP contribution in [0.2, 0.25) is 0 Å². The van der Waals surface area contributed by atoms with Gasteiger partial charge >= 0.3 is 0 Å². The fourth-order valence-corrected chi connectivity index (χ4v) is 4.47. The number of hydrogen-bond acceptors (Lipinski definition) is 6. The van der Waals surface area contributed by atoms with Crippen LogP contribution in [0.3, 0.4) is 0 Å². The summed E-state index contributed by atoms with van der Waals surface area (Å²) in [4.78, 5) is 25.2. The molecule has 0 saturated heterocycles. The molecule has 2 N–H and O–H groups in total. The van der Waals surface area contributed by atoms with E-state index in [-0.39, 0.29) is 35.4 Å². The van der Waals surface area contributed by atoms with Crippen LogP contribution in [0, 0.1) is 5.92 Å². The first-order chi connectivity index (χ1) is 14.2. The molecule has 0 saturated carbocycles. The number of amides is 1. The van der Waals surface area contributed by atoms with Gasteiger partial charge in [-0.3, -0.25) is 9.59 Å². The van der Waals surface area contributed by atoms with Crippen molar-refractivity contribution in [2.45, 2.75) is 25.5 Å². The molecule has 0 aliphatic rings. The molecule has 2 aromatic rings. The van der Waals surface area contributed by atoms with E-state index in [0.717, 1.165) is 23.6 Å². The van der Waals surface area contributed by atoms with E-state index in [1.54, 1.807) is 24.3 Å². The molecule has 30 heavy (non-hydrogen) atoms. The van der Waals surface area contributed by atoms with Crippen LogP contribution in [0.1, 0.15) is 28.8 Å². The molecule has 0 bridgehead atoms. The van der Waals surface area contributed by atoms with Gasteiger partial charge in [0.05, 0.1) is 11.7 Å². The Kier molecular flexibility index (Phi) is 9.55. The Balaban J connectivity index is 1.97. The smallest absolute Gasteiger partial charge is 0.226 e. The maximum atomic E-state index is 12.8. The van der Waals surface area contributed by atoms with Gasteiger partial charge < -0.3 is 10.4 Å². The average Bonchev–Trinajstić information content (AvgIpc) is 2.71. The summed E-state index contributed by atoms with van der Waals surface area (Å²) in [5.41, 5.74) is 1.53. The molecular formula is C22H27NO5S2. The Bertz CT molecular complexity index is 917. The number of hydrogen-bond donors (Lipinski definition) is 2. The fourth-order valence-electron chi connectivity index (χ4n) is 2.85. The number of carbonyl (C=O) groups excluding carboxylic acids is 2. The van der Waals surface area contributed by atoms with Gasteiger partial charge in [0.15, 0.2) is 0 Å². The van der Waals surface area contributed by atoms with Crippen LogP contribution in [0.15, 0.2) is 60.7 Å². The molecule has 2 rings (SSSR count). The van der Waals surface area contributed by atoms with Crippen molar-refractivity contribution in [2.24, 2.45) is 5.92 Å². The van der Waals surface area contributed by atoms with Crippen molar-refractivity contribution < 1.29 is 23.1 Å². The lowest BCUT2D eigenvalue weighted by Gasteiger charge is -2.19. The molecule has 0 radical (unpaired) electrons. The van der Waals surface area contributed by atoms with Crippen LogP contribution < -0.4 is 5.32 Å². The molecule has 0 aromatic heterocycles. The zero-order chi connectivity index (χ0) is 22.0. The molecule has 2 unspecified atom stereocenters. The Hall–Kier alpha value is -2.16. The van der Waals surface area contributed by atoms with Crippen molar-refractivity contribution in [1.29, 1.82) is 0 Å². The van der Waals surface area contributed by atoms with Gasteiger partial charge in [-0.05, 0) is 24.8 Å².